The van der Waals surface area contributed by atoms with E-state index in [0.29, 0.717) is 28.8 Å². The number of anilines is 1. The van der Waals surface area contributed by atoms with Gasteiger partial charge in [0.05, 0.1) is 10.0 Å². The fourth-order valence-electron chi connectivity index (χ4n) is 1.92. The van der Waals surface area contributed by atoms with Crippen LogP contribution in [0.3, 0.4) is 0 Å². The van der Waals surface area contributed by atoms with Crippen LogP contribution in [-0.2, 0) is 4.79 Å². The first-order valence-electron chi connectivity index (χ1n) is 6.43. The highest BCUT2D eigenvalue weighted by Crippen LogP contribution is 2.25. The van der Waals surface area contributed by atoms with Gasteiger partial charge in [0.1, 0.15) is 11.6 Å². The summed E-state index contributed by atoms with van der Waals surface area (Å²) >= 11 is 11.7. The van der Waals surface area contributed by atoms with Crippen molar-refractivity contribution in [3.63, 3.8) is 0 Å². The van der Waals surface area contributed by atoms with Crippen LogP contribution in [0.15, 0.2) is 30.0 Å². The van der Waals surface area contributed by atoms with Crippen molar-refractivity contribution in [2.24, 2.45) is 0 Å². The molecule has 1 amide bonds. The summed E-state index contributed by atoms with van der Waals surface area (Å²) in [5.41, 5.74) is 0.716. The maximum atomic E-state index is 12.2. The number of rotatable bonds is 3. The number of nitriles is 1. The van der Waals surface area contributed by atoms with E-state index in [4.69, 9.17) is 28.5 Å². The third-order valence-corrected chi connectivity index (χ3v) is 3.80. The first kappa shape index (κ1) is 15.6. The Labute approximate surface area is 133 Å². The number of carbonyl (C=O) groups excluding carboxylic acids is 1. The summed E-state index contributed by atoms with van der Waals surface area (Å²) in [4.78, 5) is 13.8. The molecular formula is C14H14Cl2N4O. The Bertz CT molecular complexity index is 603. The van der Waals surface area contributed by atoms with E-state index in [1.54, 1.807) is 23.1 Å². The number of amides is 1. The van der Waals surface area contributed by atoms with Crippen molar-refractivity contribution in [3.05, 3.63) is 40.0 Å². The summed E-state index contributed by atoms with van der Waals surface area (Å²) in [6, 6.07) is 6.91. The van der Waals surface area contributed by atoms with E-state index in [9.17, 15) is 4.79 Å². The Morgan fingerprint density at radius 3 is 2.67 bits per heavy atom. The molecule has 1 aliphatic rings. The van der Waals surface area contributed by atoms with E-state index in [1.807, 2.05) is 6.07 Å². The molecule has 110 valence electrons. The number of carbonyl (C=O) groups is 1. The molecule has 1 aromatic rings. The van der Waals surface area contributed by atoms with Gasteiger partial charge >= 0.3 is 0 Å². The fraction of sp³-hybridized carbons (Fsp3) is 0.286. The van der Waals surface area contributed by atoms with Crippen LogP contribution in [0.1, 0.15) is 0 Å². The topological polar surface area (TPSA) is 68.2 Å². The SMILES string of the molecule is N#C/C(=C/Nc1ccc(Cl)c(Cl)c1)C(=O)N1CCNCC1. The van der Waals surface area contributed by atoms with Crippen LogP contribution in [0, 0.1) is 11.3 Å². The normalized spacial score (nSPS) is 15.5. The molecule has 1 aromatic carbocycles. The molecule has 0 aromatic heterocycles. The minimum atomic E-state index is -0.272. The summed E-state index contributed by atoms with van der Waals surface area (Å²) in [7, 11) is 0. The van der Waals surface area contributed by atoms with Crippen molar-refractivity contribution < 1.29 is 4.79 Å². The predicted octanol–water partition coefficient (Wildman–Crippen LogP) is 2.24. The van der Waals surface area contributed by atoms with Crippen molar-refractivity contribution in [3.8, 4) is 6.07 Å². The fourth-order valence-corrected chi connectivity index (χ4v) is 2.22. The molecule has 2 rings (SSSR count). The van der Waals surface area contributed by atoms with Crippen LogP contribution < -0.4 is 10.6 Å². The van der Waals surface area contributed by atoms with Crippen LogP contribution in [0.4, 0.5) is 5.69 Å². The average molecular weight is 325 g/mol. The molecule has 0 saturated carbocycles. The number of nitrogens with zero attached hydrogens (tertiary/aromatic N) is 2. The second-order valence-corrected chi connectivity index (χ2v) is 5.30. The van der Waals surface area contributed by atoms with Crippen LogP contribution >= 0.6 is 23.2 Å². The van der Waals surface area contributed by atoms with Gasteiger partial charge in [-0.25, -0.2) is 0 Å². The zero-order valence-electron chi connectivity index (χ0n) is 11.2. The zero-order chi connectivity index (χ0) is 15.2. The van der Waals surface area contributed by atoms with Crippen LogP contribution in [0.2, 0.25) is 10.0 Å². The number of nitrogens with one attached hydrogen (secondary N) is 2. The number of hydrogen-bond donors (Lipinski definition) is 2. The third kappa shape index (κ3) is 4.11. The largest absolute Gasteiger partial charge is 0.360 e. The zero-order valence-corrected chi connectivity index (χ0v) is 12.7. The van der Waals surface area contributed by atoms with Gasteiger partial charge in [-0.15, -0.1) is 0 Å². The molecule has 2 N–H and O–H groups in total. The number of hydrogen-bond acceptors (Lipinski definition) is 4. The quantitative estimate of drug-likeness (QED) is 0.661. The molecule has 7 heteroatoms. The molecule has 1 saturated heterocycles. The van der Waals surface area contributed by atoms with Crippen LogP contribution in [0.25, 0.3) is 0 Å². The summed E-state index contributed by atoms with van der Waals surface area (Å²) in [6.45, 7) is 2.69. The van der Waals surface area contributed by atoms with Gasteiger partial charge < -0.3 is 15.5 Å². The lowest BCUT2D eigenvalue weighted by Gasteiger charge is -2.27. The minimum Gasteiger partial charge on any atom is -0.360 e. The summed E-state index contributed by atoms with van der Waals surface area (Å²) in [5, 5.41) is 16.0. The minimum absolute atomic E-state index is 0.0583. The molecule has 5 nitrogen and oxygen atoms in total. The summed E-state index contributed by atoms with van der Waals surface area (Å²) < 4.78 is 0. The number of halogens is 2. The van der Waals surface area contributed by atoms with E-state index >= 15 is 0 Å². The Morgan fingerprint density at radius 2 is 2.05 bits per heavy atom. The van der Waals surface area contributed by atoms with Crippen molar-refractivity contribution in [2.45, 2.75) is 0 Å². The van der Waals surface area contributed by atoms with E-state index in [1.165, 1.54) is 6.20 Å². The second kappa shape index (κ2) is 7.32. The average Bonchev–Trinajstić information content (AvgIpc) is 2.52. The molecule has 0 atom stereocenters. The molecule has 0 spiro atoms. The molecule has 0 aliphatic carbocycles. The summed E-state index contributed by atoms with van der Waals surface area (Å²) in [6.07, 6.45) is 1.39. The maximum Gasteiger partial charge on any atom is 0.266 e. The first-order chi connectivity index (χ1) is 10.1. The highest BCUT2D eigenvalue weighted by Gasteiger charge is 2.19. The van der Waals surface area contributed by atoms with Gasteiger partial charge in [0.2, 0.25) is 0 Å². The lowest BCUT2D eigenvalue weighted by molar-refractivity contribution is -0.127. The van der Waals surface area contributed by atoms with Gasteiger partial charge in [0.25, 0.3) is 5.91 Å². The Hall–Kier alpha value is -1.74. The Balaban J connectivity index is 2.07. The molecule has 1 aliphatic heterocycles. The first-order valence-corrected chi connectivity index (χ1v) is 7.19. The molecule has 21 heavy (non-hydrogen) atoms. The van der Waals surface area contributed by atoms with Gasteiger partial charge in [0.15, 0.2) is 0 Å². The van der Waals surface area contributed by atoms with Crippen molar-refractivity contribution >= 4 is 34.8 Å². The third-order valence-electron chi connectivity index (χ3n) is 3.06. The smallest absolute Gasteiger partial charge is 0.266 e. The maximum absolute atomic E-state index is 12.2. The van der Waals surface area contributed by atoms with Crippen molar-refractivity contribution in [1.82, 2.24) is 10.2 Å². The molecular weight excluding hydrogens is 311 g/mol. The molecule has 0 unspecified atom stereocenters. The van der Waals surface area contributed by atoms with Gasteiger partial charge in [-0.05, 0) is 18.2 Å². The standard InChI is InChI=1S/C14H14Cl2N4O/c15-12-2-1-11(7-13(12)16)19-9-10(8-17)14(21)20-5-3-18-4-6-20/h1-2,7,9,18-19H,3-6H2/b10-9-. The van der Waals surface area contributed by atoms with Gasteiger partial charge in [-0.2, -0.15) is 5.26 Å². The van der Waals surface area contributed by atoms with Crippen LogP contribution in [0.5, 0.6) is 0 Å². The summed E-state index contributed by atoms with van der Waals surface area (Å²) in [5.74, 6) is -0.272. The van der Waals surface area contributed by atoms with E-state index in [0.717, 1.165) is 13.1 Å². The lowest BCUT2D eigenvalue weighted by Crippen LogP contribution is -2.46. The van der Waals surface area contributed by atoms with Gasteiger partial charge in [0, 0.05) is 38.1 Å². The van der Waals surface area contributed by atoms with Gasteiger partial charge in [-0.1, -0.05) is 23.2 Å². The van der Waals surface area contributed by atoms with Gasteiger partial charge in [-0.3, -0.25) is 4.79 Å². The van der Waals surface area contributed by atoms with E-state index < -0.39 is 0 Å². The monoisotopic (exact) mass is 324 g/mol. The Morgan fingerprint density at radius 1 is 1.33 bits per heavy atom. The highest BCUT2D eigenvalue weighted by atomic mass is 35.5. The predicted molar refractivity (Wildman–Crippen MR) is 83.2 cm³/mol. The number of benzene rings is 1. The molecule has 1 fully saturated rings. The molecule has 0 radical (unpaired) electrons. The molecule has 1 heterocycles. The molecule has 0 bridgehead atoms. The second-order valence-electron chi connectivity index (χ2n) is 4.49. The van der Waals surface area contributed by atoms with E-state index in [-0.39, 0.29) is 11.5 Å². The number of piperazine rings is 1. The lowest BCUT2D eigenvalue weighted by atomic mass is 10.2. The van der Waals surface area contributed by atoms with Crippen LogP contribution in [-0.4, -0.2) is 37.0 Å². The van der Waals surface area contributed by atoms with Crippen molar-refractivity contribution in [2.75, 3.05) is 31.5 Å². The van der Waals surface area contributed by atoms with Crippen molar-refractivity contribution in [1.29, 1.82) is 5.26 Å². The van der Waals surface area contributed by atoms with E-state index in [2.05, 4.69) is 10.6 Å². The Kier molecular flexibility index (Phi) is 5.45. The highest BCUT2D eigenvalue weighted by molar-refractivity contribution is 6.42.